The van der Waals surface area contributed by atoms with Gasteiger partial charge in [-0.2, -0.15) is 0 Å². The number of nitrogens with two attached hydrogens (primary N) is 1. The van der Waals surface area contributed by atoms with Crippen LogP contribution >= 0.6 is 0 Å². The summed E-state index contributed by atoms with van der Waals surface area (Å²) >= 11 is 0. The maximum Gasteiger partial charge on any atom is 0.322 e. The van der Waals surface area contributed by atoms with Crippen LogP contribution < -0.4 is 21.7 Å². The summed E-state index contributed by atoms with van der Waals surface area (Å²) in [5, 5.41) is 16.1. The molecule has 0 heterocycles. The largest absolute Gasteiger partial charge is 0.480 e. The van der Waals surface area contributed by atoms with Crippen molar-refractivity contribution in [3.63, 3.8) is 0 Å². The van der Waals surface area contributed by atoms with Gasteiger partial charge in [-0.3, -0.25) is 19.2 Å². The summed E-state index contributed by atoms with van der Waals surface area (Å²) < 4.78 is 0. The number of carbonyl (C=O) groups is 4. The SMILES string of the molecule is CCC(C)C(NC(=O)C(C)N)C(=O)NC(C(=O)NCC(=O)O)C(C)C. The second kappa shape index (κ2) is 10.7. The fourth-order valence-electron chi connectivity index (χ4n) is 2.04. The molecular formula is C16H30N4O5. The molecule has 0 rings (SSSR count). The maximum atomic E-state index is 12.6. The third kappa shape index (κ3) is 7.97. The van der Waals surface area contributed by atoms with Crippen LogP contribution in [0.2, 0.25) is 0 Å². The number of rotatable bonds is 10. The highest BCUT2D eigenvalue weighted by Crippen LogP contribution is 2.10. The summed E-state index contributed by atoms with van der Waals surface area (Å²) in [5.74, 6) is -3.17. The first-order valence-electron chi connectivity index (χ1n) is 8.37. The third-order valence-electron chi connectivity index (χ3n) is 3.87. The lowest BCUT2D eigenvalue weighted by Crippen LogP contribution is -2.58. The Balaban J connectivity index is 5.15. The zero-order valence-corrected chi connectivity index (χ0v) is 15.5. The molecule has 0 aliphatic carbocycles. The summed E-state index contributed by atoms with van der Waals surface area (Å²) in [7, 11) is 0. The smallest absolute Gasteiger partial charge is 0.322 e. The van der Waals surface area contributed by atoms with Crippen LogP contribution in [0.5, 0.6) is 0 Å². The number of carboxylic acids is 1. The van der Waals surface area contributed by atoms with Crippen LogP contribution in [0.1, 0.15) is 41.0 Å². The lowest BCUT2D eigenvalue weighted by molar-refractivity contribution is -0.139. The van der Waals surface area contributed by atoms with Crippen LogP contribution in [0.3, 0.4) is 0 Å². The molecule has 6 N–H and O–H groups in total. The van der Waals surface area contributed by atoms with Gasteiger partial charge >= 0.3 is 5.97 Å². The summed E-state index contributed by atoms with van der Waals surface area (Å²) in [6, 6.07) is -2.51. The minimum atomic E-state index is -1.18. The number of aliphatic carboxylic acids is 1. The van der Waals surface area contributed by atoms with E-state index >= 15 is 0 Å². The maximum absolute atomic E-state index is 12.6. The van der Waals surface area contributed by atoms with Gasteiger partial charge in [0, 0.05) is 0 Å². The zero-order valence-electron chi connectivity index (χ0n) is 15.5. The molecule has 3 amide bonds. The molecule has 0 aromatic carbocycles. The molecule has 0 spiro atoms. The molecule has 144 valence electrons. The van der Waals surface area contributed by atoms with Crippen molar-refractivity contribution in [1.82, 2.24) is 16.0 Å². The second-order valence-electron chi connectivity index (χ2n) is 6.50. The van der Waals surface area contributed by atoms with Gasteiger partial charge in [-0.1, -0.05) is 34.1 Å². The van der Waals surface area contributed by atoms with Crippen LogP contribution in [0, 0.1) is 11.8 Å². The van der Waals surface area contributed by atoms with Crippen LogP contribution in [0.15, 0.2) is 0 Å². The highest BCUT2D eigenvalue weighted by atomic mass is 16.4. The average molecular weight is 358 g/mol. The number of amides is 3. The Morgan fingerprint density at radius 1 is 0.920 bits per heavy atom. The van der Waals surface area contributed by atoms with Gasteiger partial charge < -0.3 is 26.8 Å². The third-order valence-corrected chi connectivity index (χ3v) is 3.87. The Morgan fingerprint density at radius 3 is 1.84 bits per heavy atom. The molecule has 0 aromatic rings. The lowest BCUT2D eigenvalue weighted by atomic mass is 9.96. The van der Waals surface area contributed by atoms with Gasteiger partial charge in [0.2, 0.25) is 17.7 Å². The Kier molecular flexibility index (Phi) is 9.73. The Labute approximate surface area is 148 Å². The summed E-state index contributed by atoms with van der Waals surface area (Å²) in [6.07, 6.45) is 0.634. The van der Waals surface area contributed by atoms with Crippen molar-refractivity contribution in [2.24, 2.45) is 17.6 Å². The van der Waals surface area contributed by atoms with Crippen molar-refractivity contribution in [2.75, 3.05) is 6.54 Å². The molecule has 9 nitrogen and oxygen atoms in total. The highest BCUT2D eigenvalue weighted by molar-refractivity contribution is 5.93. The van der Waals surface area contributed by atoms with E-state index in [0.29, 0.717) is 6.42 Å². The first kappa shape index (κ1) is 22.8. The molecule has 0 saturated heterocycles. The molecule has 0 aliphatic rings. The number of hydrogen-bond donors (Lipinski definition) is 5. The first-order chi connectivity index (χ1) is 11.5. The molecule has 0 bridgehead atoms. The van der Waals surface area contributed by atoms with E-state index in [9.17, 15) is 19.2 Å². The molecular weight excluding hydrogens is 328 g/mol. The Bertz CT molecular complexity index is 493. The molecule has 0 fully saturated rings. The summed E-state index contributed by atoms with van der Waals surface area (Å²) in [6.45, 7) is 8.11. The van der Waals surface area contributed by atoms with Crippen LogP contribution in [0.4, 0.5) is 0 Å². The van der Waals surface area contributed by atoms with Crippen molar-refractivity contribution in [2.45, 2.75) is 59.2 Å². The molecule has 0 saturated carbocycles. The minimum Gasteiger partial charge on any atom is -0.480 e. The summed E-state index contributed by atoms with van der Waals surface area (Å²) in [5.41, 5.74) is 5.53. The molecule has 25 heavy (non-hydrogen) atoms. The van der Waals surface area contributed by atoms with Crippen molar-refractivity contribution < 1.29 is 24.3 Å². The number of carboxylic acid groups (broad SMARTS) is 1. The van der Waals surface area contributed by atoms with Gasteiger partial charge in [0.05, 0.1) is 6.04 Å². The van der Waals surface area contributed by atoms with E-state index < -0.39 is 48.4 Å². The monoisotopic (exact) mass is 358 g/mol. The van der Waals surface area contributed by atoms with Gasteiger partial charge in [-0.15, -0.1) is 0 Å². The van der Waals surface area contributed by atoms with E-state index in [0.717, 1.165) is 0 Å². The van der Waals surface area contributed by atoms with Crippen LogP contribution in [-0.2, 0) is 19.2 Å². The van der Waals surface area contributed by atoms with Crippen molar-refractivity contribution in [3.05, 3.63) is 0 Å². The van der Waals surface area contributed by atoms with E-state index in [-0.39, 0.29) is 11.8 Å². The Morgan fingerprint density at radius 2 is 1.44 bits per heavy atom. The molecule has 0 radical (unpaired) electrons. The number of hydrogen-bond acceptors (Lipinski definition) is 5. The normalized spacial score (nSPS) is 15.6. The topological polar surface area (TPSA) is 151 Å². The van der Waals surface area contributed by atoms with Crippen molar-refractivity contribution in [3.8, 4) is 0 Å². The van der Waals surface area contributed by atoms with E-state index in [1.165, 1.54) is 6.92 Å². The van der Waals surface area contributed by atoms with Gasteiger partial charge in [0.15, 0.2) is 0 Å². The highest BCUT2D eigenvalue weighted by Gasteiger charge is 2.31. The lowest BCUT2D eigenvalue weighted by Gasteiger charge is -2.28. The standard InChI is InChI=1S/C16H30N4O5/c1-6-9(4)13(20-14(23)10(5)17)16(25)19-12(8(2)3)15(24)18-7-11(21)22/h8-10,12-13H,6-7,17H2,1-5H3,(H,18,24)(H,19,25)(H,20,23)(H,21,22). The van der Waals surface area contributed by atoms with Gasteiger partial charge in [-0.25, -0.2) is 0 Å². The van der Waals surface area contributed by atoms with Gasteiger partial charge in [-0.05, 0) is 18.8 Å². The second-order valence-corrected chi connectivity index (χ2v) is 6.50. The number of nitrogens with one attached hydrogen (secondary N) is 3. The molecule has 9 heteroatoms. The van der Waals surface area contributed by atoms with Crippen LogP contribution in [-0.4, -0.2) is 53.5 Å². The zero-order chi connectivity index (χ0) is 19.7. The molecule has 0 aromatic heterocycles. The number of carbonyl (C=O) groups excluding carboxylic acids is 3. The fraction of sp³-hybridized carbons (Fsp3) is 0.750. The average Bonchev–Trinajstić information content (AvgIpc) is 2.53. The van der Waals surface area contributed by atoms with E-state index in [1.54, 1.807) is 20.8 Å². The van der Waals surface area contributed by atoms with E-state index in [2.05, 4.69) is 16.0 Å². The van der Waals surface area contributed by atoms with E-state index in [4.69, 9.17) is 10.8 Å². The molecule has 4 atom stereocenters. The predicted molar refractivity (Wildman–Crippen MR) is 92.4 cm³/mol. The molecule has 0 aliphatic heterocycles. The van der Waals surface area contributed by atoms with Crippen molar-refractivity contribution >= 4 is 23.7 Å². The molecule has 4 unspecified atom stereocenters. The predicted octanol–water partition coefficient (Wildman–Crippen LogP) is -0.794. The van der Waals surface area contributed by atoms with E-state index in [1.807, 2.05) is 6.92 Å². The van der Waals surface area contributed by atoms with Gasteiger partial charge in [0.1, 0.15) is 18.6 Å². The first-order valence-corrected chi connectivity index (χ1v) is 8.37. The van der Waals surface area contributed by atoms with Crippen molar-refractivity contribution in [1.29, 1.82) is 0 Å². The van der Waals surface area contributed by atoms with Gasteiger partial charge in [0.25, 0.3) is 0 Å². The van der Waals surface area contributed by atoms with Crippen LogP contribution in [0.25, 0.3) is 0 Å². The quantitative estimate of drug-likeness (QED) is 0.345. The summed E-state index contributed by atoms with van der Waals surface area (Å²) in [4.78, 5) is 47.1. The fourth-order valence-corrected chi connectivity index (χ4v) is 2.04. The Hall–Kier alpha value is -2.16. The minimum absolute atomic E-state index is 0.169.